The van der Waals surface area contributed by atoms with Crippen LogP contribution in [0.15, 0.2) is 12.2 Å². The Morgan fingerprint density at radius 1 is 1.20 bits per heavy atom. The Morgan fingerprint density at radius 3 is 2.44 bits per heavy atom. The molecule has 0 amide bonds. The lowest BCUT2D eigenvalue weighted by Gasteiger charge is -2.61. The first-order chi connectivity index (χ1) is 11.7. The fraction of sp³-hybridized carbons (Fsp3) is 0.864. The summed E-state index contributed by atoms with van der Waals surface area (Å²) in [5.74, 6) is 1.02. The maximum absolute atomic E-state index is 13.6. The predicted molar refractivity (Wildman–Crippen MR) is 100 cm³/mol. The Labute approximate surface area is 153 Å². The molecule has 3 aliphatic carbocycles. The molecule has 0 saturated heterocycles. The molecule has 2 bridgehead atoms. The molecule has 8 atom stereocenters. The number of ketones is 1. The summed E-state index contributed by atoms with van der Waals surface area (Å²) in [7, 11) is 1.80. The number of rotatable bonds is 2. The van der Waals surface area contributed by atoms with Gasteiger partial charge in [0.05, 0.1) is 12.2 Å². The second-order valence-electron chi connectivity index (χ2n) is 9.55. The summed E-state index contributed by atoms with van der Waals surface area (Å²) in [5.41, 5.74) is -0.800. The number of carbonyl (C=O) groups is 1. The van der Waals surface area contributed by atoms with E-state index in [1.807, 2.05) is 26.0 Å². The number of hydrogen-bond acceptors (Lipinski definition) is 3. The van der Waals surface area contributed by atoms with E-state index in [2.05, 4.69) is 20.8 Å². The van der Waals surface area contributed by atoms with E-state index in [0.717, 1.165) is 25.7 Å². The number of Topliss-reactive ketones (excluding diaryl/α,β-unsaturated/α-hetero) is 1. The van der Waals surface area contributed by atoms with Crippen molar-refractivity contribution in [1.29, 1.82) is 0 Å². The highest BCUT2D eigenvalue weighted by molar-refractivity contribution is 5.89. The van der Waals surface area contributed by atoms with Crippen LogP contribution in [-0.2, 0) is 9.53 Å². The van der Waals surface area contributed by atoms with E-state index in [0.29, 0.717) is 18.1 Å². The largest absolute Gasteiger partial charge is 0.392 e. The number of hydrogen-bond donors (Lipinski definition) is 1. The van der Waals surface area contributed by atoms with Crippen LogP contribution in [-0.4, -0.2) is 30.2 Å². The Morgan fingerprint density at radius 2 is 1.84 bits per heavy atom. The van der Waals surface area contributed by atoms with Gasteiger partial charge in [0, 0.05) is 23.9 Å². The molecule has 0 aliphatic heterocycles. The van der Waals surface area contributed by atoms with Gasteiger partial charge in [-0.1, -0.05) is 32.9 Å². The van der Waals surface area contributed by atoms with E-state index in [4.69, 9.17) is 4.74 Å². The van der Waals surface area contributed by atoms with E-state index in [-0.39, 0.29) is 28.8 Å². The predicted octanol–water partition coefficient (Wildman–Crippen LogP) is 4.39. The average Bonchev–Trinajstić information content (AvgIpc) is 2.97. The lowest BCUT2D eigenvalue weighted by atomic mass is 9.44. The molecule has 25 heavy (non-hydrogen) atoms. The van der Waals surface area contributed by atoms with E-state index in [1.54, 1.807) is 7.11 Å². The number of methoxy groups -OCH3 is 1. The van der Waals surface area contributed by atoms with Gasteiger partial charge in [-0.05, 0) is 63.2 Å². The average molecular weight is 349 g/mol. The highest BCUT2D eigenvalue weighted by atomic mass is 16.5. The van der Waals surface area contributed by atoms with Crippen LogP contribution >= 0.6 is 0 Å². The van der Waals surface area contributed by atoms with Gasteiger partial charge in [-0.15, -0.1) is 0 Å². The first-order valence-electron chi connectivity index (χ1n) is 10.1. The van der Waals surface area contributed by atoms with Gasteiger partial charge in [0.2, 0.25) is 0 Å². The van der Waals surface area contributed by atoms with Crippen LogP contribution in [0.25, 0.3) is 0 Å². The lowest BCUT2D eigenvalue weighted by Crippen LogP contribution is -2.62. The van der Waals surface area contributed by atoms with Crippen molar-refractivity contribution in [1.82, 2.24) is 0 Å². The molecule has 3 saturated carbocycles. The van der Waals surface area contributed by atoms with Gasteiger partial charge < -0.3 is 9.84 Å². The van der Waals surface area contributed by atoms with Crippen molar-refractivity contribution in [3.05, 3.63) is 12.2 Å². The molecule has 3 rings (SSSR count). The van der Waals surface area contributed by atoms with Crippen molar-refractivity contribution in [2.75, 3.05) is 7.11 Å². The number of carbonyl (C=O) groups excluding carboxylic acids is 1. The minimum atomic E-state index is -0.574. The van der Waals surface area contributed by atoms with Crippen molar-refractivity contribution in [3.63, 3.8) is 0 Å². The molecule has 3 nitrogen and oxygen atoms in total. The molecular weight excluding hydrogens is 312 g/mol. The zero-order valence-corrected chi connectivity index (χ0v) is 16.8. The topological polar surface area (TPSA) is 46.5 Å². The molecule has 0 aromatic heterocycles. The minimum absolute atomic E-state index is 0.0122. The molecule has 0 radical (unpaired) electrons. The van der Waals surface area contributed by atoms with Gasteiger partial charge in [0.25, 0.3) is 0 Å². The number of aliphatic hydroxyl groups excluding tert-OH is 1. The van der Waals surface area contributed by atoms with Crippen LogP contribution < -0.4 is 0 Å². The van der Waals surface area contributed by atoms with Crippen molar-refractivity contribution in [2.45, 2.75) is 78.9 Å². The van der Waals surface area contributed by atoms with Crippen LogP contribution in [0.3, 0.4) is 0 Å². The van der Waals surface area contributed by atoms with Gasteiger partial charge in [0.1, 0.15) is 5.78 Å². The summed E-state index contributed by atoms with van der Waals surface area (Å²) in [6.45, 7) is 10.7. The van der Waals surface area contributed by atoms with E-state index >= 15 is 0 Å². The van der Waals surface area contributed by atoms with Crippen molar-refractivity contribution < 1.29 is 14.6 Å². The molecule has 3 heteroatoms. The lowest BCUT2D eigenvalue weighted by molar-refractivity contribution is -0.188. The van der Waals surface area contributed by atoms with Crippen LogP contribution in [0.4, 0.5) is 0 Å². The number of aliphatic hydroxyl groups is 1. The molecule has 3 fully saturated rings. The first kappa shape index (κ1) is 19.1. The highest BCUT2D eigenvalue weighted by Gasteiger charge is 2.67. The fourth-order valence-corrected chi connectivity index (χ4v) is 6.99. The Balaban J connectivity index is 2.20. The number of ether oxygens (including phenoxy) is 1. The maximum Gasteiger partial charge on any atom is 0.145 e. The molecule has 0 heterocycles. The highest BCUT2D eigenvalue weighted by Crippen LogP contribution is 2.68. The summed E-state index contributed by atoms with van der Waals surface area (Å²) in [6, 6.07) is 0. The van der Waals surface area contributed by atoms with Crippen molar-refractivity contribution >= 4 is 5.78 Å². The zero-order chi connectivity index (χ0) is 18.6. The van der Waals surface area contributed by atoms with Gasteiger partial charge in [0.15, 0.2) is 0 Å². The smallest absolute Gasteiger partial charge is 0.145 e. The van der Waals surface area contributed by atoms with Crippen molar-refractivity contribution in [2.24, 2.45) is 34.0 Å². The normalized spacial score (nSPS) is 53.6. The molecule has 3 unspecified atom stereocenters. The fourth-order valence-electron chi connectivity index (χ4n) is 6.99. The molecular formula is C22H36O3. The van der Waals surface area contributed by atoms with Gasteiger partial charge in [-0.25, -0.2) is 0 Å². The molecule has 0 aromatic rings. The third-order valence-corrected chi connectivity index (χ3v) is 8.65. The van der Waals surface area contributed by atoms with E-state index < -0.39 is 11.5 Å². The van der Waals surface area contributed by atoms with E-state index in [9.17, 15) is 9.90 Å². The summed E-state index contributed by atoms with van der Waals surface area (Å²) in [5, 5.41) is 11.4. The second kappa shape index (κ2) is 6.20. The minimum Gasteiger partial charge on any atom is -0.392 e. The first-order valence-corrected chi connectivity index (χ1v) is 10.1. The zero-order valence-electron chi connectivity index (χ0n) is 16.8. The molecule has 3 aliphatic rings. The quantitative estimate of drug-likeness (QED) is 0.753. The van der Waals surface area contributed by atoms with E-state index in [1.165, 1.54) is 0 Å². The molecule has 0 aromatic carbocycles. The monoisotopic (exact) mass is 348 g/mol. The van der Waals surface area contributed by atoms with Crippen LogP contribution in [0.5, 0.6) is 0 Å². The van der Waals surface area contributed by atoms with Crippen LogP contribution in [0.1, 0.15) is 66.7 Å². The summed E-state index contributed by atoms with van der Waals surface area (Å²) in [4.78, 5) is 13.6. The Bertz CT molecular complexity index is 570. The van der Waals surface area contributed by atoms with Gasteiger partial charge >= 0.3 is 0 Å². The van der Waals surface area contributed by atoms with Gasteiger partial charge in [-0.3, -0.25) is 4.79 Å². The summed E-state index contributed by atoms with van der Waals surface area (Å²) >= 11 is 0. The SMILES string of the molecule is CC=C[C@]1(C)C[C@@H](O)[C@@]2(C)C3C(OC)CCC3(CC[C@H]2C)[C@@H](C)C1=O. The second-order valence-corrected chi connectivity index (χ2v) is 9.55. The Kier molecular flexibility index (Phi) is 4.73. The summed E-state index contributed by atoms with van der Waals surface area (Å²) < 4.78 is 5.92. The third-order valence-electron chi connectivity index (χ3n) is 8.65. The molecule has 1 N–H and O–H groups in total. The standard InChI is InChI=1S/C22H36O3/c1-7-10-20(4)13-17(23)21(5)14(2)8-11-22(15(3)19(20)24)12-9-16(25-6)18(21)22/h7,10,14-18,23H,8-9,11-13H2,1-6H3/t14-,15+,16?,17-,18?,20-,21+,22?/m1/s1. The Hall–Kier alpha value is -0.670. The third kappa shape index (κ3) is 2.41. The summed E-state index contributed by atoms with van der Waals surface area (Å²) in [6.07, 6.45) is 8.42. The van der Waals surface area contributed by atoms with Crippen LogP contribution in [0.2, 0.25) is 0 Å². The van der Waals surface area contributed by atoms with Crippen LogP contribution in [0, 0.1) is 34.0 Å². The van der Waals surface area contributed by atoms with Crippen molar-refractivity contribution in [3.8, 4) is 0 Å². The number of allylic oxidation sites excluding steroid dienone is 2. The molecule has 0 spiro atoms. The maximum atomic E-state index is 13.6. The molecule has 142 valence electrons. The van der Waals surface area contributed by atoms with Gasteiger partial charge in [-0.2, -0.15) is 0 Å².